The highest BCUT2D eigenvalue weighted by Gasteiger charge is 2.14. The third-order valence-corrected chi connectivity index (χ3v) is 3.84. The van der Waals surface area contributed by atoms with Gasteiger partial charge in [-0.2, -0.15) is 4.98 Å². The highest BCUT2D eigenvalue weighted by molar-refractivity contribution is 9.08. The number of rotatable bonds is 3. The maximum absolute atomic E-state index is 6.20. The quantitative estimate of drug-likeness (QED) is 0.622. The molecule has 3 nitrogen and oxygen atoms in total. The molecule has 0 N–H and O–H groups in total. The van der Waals surface area contributed by atoms with Gasteiger partial charge in [0, 0.05) is 11.5 Å². The predicted octanol–water partition coefficient (Wildman–Crippen LogP) is 4.98. The van der Waals surface area contributed by atoms with Crippen LogP contribution in [-0.2, 0) is 5.33 Å². The molecule has 3 rings (SSSR count). The largest absolute Gasteiger partial charge is 0.436 e. The highest BCUT2D eigenvalue weighted by atomic mass is 79.9. The number of benzene rings is 1. The Morgan fingerprint density at radius 1 is 1.30 bits per heavy atom. The first-order chi connectivity index (χ1) is 9.69. The van der Waals surface area contributed by atoms with Gasteiger partial charge in [-0.1, -0.05) is 39.7 Å². The topological polar surface area (TPSA) is 26.5 Å². The molecule has 0 radical (unpaired) electrons. The first-order valence-corrected chi connectivity index (χ1v) is 7.65. The summed E-state index contributed by atoms with van der Waals surface area (Å²) in [6.07, 6.45) is 1.96. The second kappa shape index (κ2) is 5.46. The van der Waals surface area contributed by atoms with Gasteiger partial charge in [0.1, 0.15) is 11.4 Å². The van der Waals surface area contributed by atoms with Crippen LogP contribution in [0.1, 0.15) is 11.3 Å². The predicted molar refractivity (Wildman–Crippen MR) is 84.1 cm³/mol. The number of fused-ring (bicyclic) bond motifs is 1. The molecule has 0 atom stereocenters. The van der Waals surface area contributed by atoms with Crippen molar-refractivity contribution < 1.29 is 4.74 Å². The van der Waals surface area contributed by atoms with E-state index in [1.165, 1.54) is 0 Å². The van der Waals surface area contributed by atoms with Crippen molar-refractivity contribution in [2.24, 2.45) is 0 Å². The molecule has 2 aromatic heterocycles. The number of aryl methyl sites for hydroxylation is 1. The zero-order valence-corrected chi connectivity index (χ0v) is 13.1. The average molecular weight is 352 g/mol. The van der Waals surface area contributed by atoms with Crippen molar-refractivity contribution in [3.8, 4) is 11.6 Å². The minimum Gasteiger partial charge on any atom is -0.436 e. The number of imidazole rings is 1. The molecule has 2 heterocycles. The molecule has 5 heteroatoms. The minimum atomic E-state index is 0.568. The molecule has 0 amide bonds. The first-order valence-electron chi connectivity index (χ1n) is 6.15. The second-order valence-corrected chi connectivity index (χ2v) is 5.43. The summed E-state index contributed by atoms with van der Waals surface area (Å²) in [5.41, 5.74) is 2.90. The Morgan fingerprint density at radius 2 is 2.15 bits per heavy atom. The number of ether oxygens (including phenoxy) is 1. The fraction of sp³-hybridized carbons (Fsp3) is 0.133. The number of hydrogen-bond donors (Lipinski definition) is 0. The minimum absolute atomic E-state index is 0.568. The van der Waals surface area contributed by atoms with Crippen molar-refractivity contribution in [2.75, 3.05) is 0 Å². The van der Waals surface area contributed by atoms with Gasteiger partial charge in [-0.25, -0.2) is 0 Å². The fourth-order valence-corrected chi connectivity index (χ4v) is 2.80. The Labute approximate surface area is 130 Å². The lowest BCUT2D eigenvalue weighted by atomic mass is 10.2. The molecule has 0 spiro atoms. The standard InChI is InChI=1S/C15H12BrClN2O/c1-10-5-6-13(11(17)8-10)20-15-12(9-16)19-7-3-2-4-14(19)18-15/h2-8H,9H2,1H3. The lowest BCUT2D eigenvalue weighted by molar-refractivity contribution is 0.462. The molecule has 3 aromatic rings. The average Bonchev–Trinajstić information content (AvgIpc) is 2.79. The van der Waals surface area contributed by atoms with Crippen molar-refractivity contribution in [3.05, 3.63) is 58.9 Å². The lowest BCUT2D eigenvalue weighted by Gasteiger charge is -2.07. The number of halogens is 2. The van der Waals surface area contributed by atoms with E-state index in [0.29, 0.717) is 22.0 Å². The number of hydrogen-bond acceptors (Lipinski definition) is 2. The van der Waals surface area contributed by atoms with E-state index in [1.807, 2.05) is 53.9 Å². The number of aromatic nitrogens is 2. The van der Waals surface area contributed by atoms with Gasteiger partial charge in [-0.05, 0) is 36.8 Å². The van der Waals surface area contributed by atoms with E-state index < -0.39 is 0 Å². The zero-order chi connectivity index (χ0) is 14.1. The maximum Gasteiger partial charge on any atom is 0.242 e. The van der Waals surface area contributed by atoms with Crippen LogP contribution in [0.5, 0.6) is 11.6 Å². The maximum atomic E-state index is 6.20. The molecule has 0 aliphatic heterocycles. The SMILES string of the molecule is Cc1ccc(Oc2nc3ccccn3c2CBr)c(Cl)c1. The van der Waals surface area contributed by atoms with Crippen LogP contribution in [0.3, 0.4) is 0 Å². The molecule has 0 unspecified atom stereocenters. The molecule has 0 aliphatic rings. The lowest BCUT2D eigenvalue weighted by Crippen LogP contribution is -1.92. The summed E-state index contributed by atoms with van der Waals surface area (Å²) in [6, 6.07) is 11.5. The summed E-state index contributed by atoms with van der Waals surface area (Å²) in [6.45, 7) is 1.99. The molecular formula is C15H12BrClN2O. The normalized spacial score (nSPS) is 10.9. The Hall–Kier alpha value is -1.52. The van der Waals surface area contributed by atoms with E-state index in [9.17, 15) is 0 Å². The third kappa shape index (κ3) is 2.41. The van der Waals surface area contributed by atoms with E-state index in [0.717, 1.165) is 16.9 Å². The zero-order valence-electron chi connectivity index (χ0n) is 10.8. The Kier molecular flexibility index (Phi) is 3.68. The fourth-order valence-electron chi connectivity index (χ4n) is 2.02. The van der Waals surface area contributed by atoms with Crippen LogP contribution >= 0.6 is 27.5 Å². The molecule has 0 saturated carbocycles. The number of alkyl halides is 1. The summed E-state index contributed by atoms with van der Waals surface area (Å²) in [7, 11) is 0. The molecule has 1 aromatic carbocycles. The van der Waals surface area contributed by atoms with E-state index >= 15 is 0 Å². The van der Waals surface area contributed by atoms with Gasteiger partial charge in [0.2, 0.25) is 5.88 Å². The van der Waals surface area contributed by atoms with Crippen molar-refractivity contribution in [2.45, 2.75) is 12.3 Å². The van der Waals surface area contributed by atoms with Gasteiger partial charge in [-0.15, -0.1) is 0 Å². The van der Waals surface area contributed by atoms with Crippen LogP contribution in [0, 0.1) is 6.92 Å². The summed E-state index contributed by atoms with van der Waals surface area (Å²) in [5.74, 6) is 1.18. The van der Waals surface area contributed by atoms with Crippen LogP contribution in [0.15, 0.2) is 42.6 Å². The summed E-state index contributed by atoms with van der Waals surface area (Å²) in [5, 5.41) is 1.24. The Morgan fingerprint density at radius 3 is 2.90 bits per heavy atom. The van der Waals surface area contributed by atoms with E-state index in [-0.39, 0.29) is 0 Å². The van der Waals surface area contributed by atoms with Crippen LogP contribution in [0.2, 0.25) is 5.02 Å². The van der Waals surface area contributed by atoms with E-state index in [1.54, 1.807) is 0 Å². The molecule has 102 valence electrons. The van der Waals surface area contributed by atoms with Gasteiger partial charge in [0.15, 0.2) is 0 Å². The summed E-state index contributed by atoms with van der Waals surface area (Å²) < 4.78 is 7.87. The monoisotopic (exact) mass is 350 g/mol. The van der Waals surface area contributed by atoms with E-state index in [4.69, 9.17) is 16.3 Å². The number of pyridine rings is 1. The van der Waals surface area contributed by atoms with Crippen molar-refractivity contribution >= 4 is 33.2 Å². The van der Waals surface area contributed by atoms with Gasteiger partial charge < -0.3 is 4.74 Å². The summed E-state index contributed by atoms with van der Waals surface area (Å²) >= 11 is 9.68. The van der Waals surface area contributed by atoms with Crippen molar-refractivity contribution in [1.82, 2.24) is 9.38 Å². The van der Waals surface area contributed by atoms with Crippen molar-refractivity contribution in [3.63, 3.8) is 0 Å². The highest BCUT2D eigenvalue weighted by Crippen LogP contribution is 2.32. The van der Waals surface area contributed by atoms with E-state index in [2.05, 4.69) is 20.9 Å². The Balaban J connectivity index is 2.06. The van der Waals surface area contributed by atoms with Crippen LogP contribution < -0.4 is 4.74 Å². The van der Waals surface area contributed by atoms with Crippen LogP contribution in [0.4, 0.5) is 0 Å². The molecule has 0 bridgehead atoms. The molecule has 0 fully saturated rings. The molecule has 0 aliphatic carbocycles. The molecule has 0 saturated heterocycles. The van der Waals surface area contributed by atoms with Crippen LogP contribution in [0.25, 0.3) is 5.65 Å². The summed E-state index contributed by atoms with van der Waals surface area (Å²) in [4.78, 5) is 4.49. The third-order valence-electron chi connectivity index (χ3n) is 3.01. The molecular weight excluding hydrogens is 340 g/mol. The smallest absolute Gasteiger partial charge is 0.242 e. The van der Waals surface area contributed by atoms with Crippen LogP contribution in [-0.4, -0.2) is 9.38 Å². The van der Waals surface area contributed by atoms with Crippen molar-refractivity contribution in [1.29, 1.82) is 0 Å². The van der Waals surface area contributed by atoms with Gasteiger partial charge in [0.05, 0.1) is 10.7 Å². The second-order valence-electron chi connectivity index (χ2n) is 4.46. The molecule has 20 heavy (non-hydrogen) atoms. The number of nitrogens with zero attached hydrogens (tertiary/aromatic N) is 2. The first kappa shape index (κ1) is 13.5. The van der Waals surface area contributed by atoms with Gasteiger partial charge >= 0.3 is 0 Å². The van der Waals surface area contributed by atoms with Gasteiger partial charge in [-0.3, -0.25) is 4.40 Å². The van der Waals surface area contributed by atoms with Gasteiger partial charge in [0.25, 0.3) is 0 Å². The Bertz CT molecular complexity index is 770.